The summed E-state index contributed by atoms with van der Waals surface area (Å²) in [5, 5.41) is 3.76. The summed E-state index contributed by atoms with van der Waals surface area (Å²) in [4.78, 5) is 41.4. The van der Waals surface area contributed by atoms with Crippen LogP contribution in [-0.4, -0.2) is 40.8 Å². The number of methoxy groups -OCH3 is 1. The van der Waals surface area contributed by atoms with Crippen LogP contribution in [0.15, 0.2) is 28.2 Å². The van der Waals surface area contributed by atoms with Gasteiger partial charge in [0, 0.05) is 13.1 Å². The number of amides is 1. The maximum atomic E-state index is 13.0. The number of rotatable bonds is 8. The maximum absolute atomic E-state index is 13.0. The first-order valence-electron chi connectivity index (χ1n) is 9.25. The van der Waals surface area contributed by atoms with Gasteiger partial charge in [0.05, 0.1) is 29.3 Å². The molecule has 2 aromatic rings. The second-order valence-corrected chi connectivity index (χ2v) is 8.36. The average Bonchev–Trinajstić information content (AvgIpc) is 2.65. The van der Waals surface area contributed by atoms with Crippen molar-refractivity contribution in [2.75, 3.05) is 19.4 Å². The van der Waals surface area contributed by atoms with Crippen molar-refractivity contribution < 1.29 is 14.3 Å². The van der Waals surface area contributed by atoms with Gasteiger partial charge in [0.1, 0.15) is 0 Å². The number of hydrogen-bond donors (Lipinski definition) is 1. The molecule has 0 spiro atoms. The molecule has 1 aromatic heterocycles. The van der Waals surface area contributed by atoms with E-state index in [4.69, 9.17) is 4.74 Å². The summed E-state index contributed by atoms with van der Waals surface area (Å²) >= 11 is 1.22. The van der Waals surface area contributed by atoms with Crippen LogP contribution < -0.4 is 10.9 Å². The summed E-state index contributed by atoms with van der Waals surface area (Å²) in [6.07, 6.45) is 0. The molecular weight excluding hydrogens is 378 g/mol. The van der Waals surface area contributed by atoms with Crippen LogP contribution in [0.25, 0.3) is 10.9 Å². The third-order valence-corrected chi connectivity index (χ3v) is 4.91. The Bertz CT molecular complexity index is 922. The molecule has 0 saturated carbocycles. The van der Waals surface area contributed by atoms with Crippen LogP contribution in [0.5, 0.6) is 0 Å². The second kappa shape index (κ2) is 9.73. The summed E-state index contributed by atoms with van der Waals surface area (Å²) in [5.74, 6) is 0.174. The second-order valence-electron chi connectivity index (χ2n) is 7.41. The highest BCUT2D eigenvalue weighted by atomic mass is 32.2. The predicted molar refractivity (Wildman–Crippen MR) is 111 cm³/mol. The lowest BCUT2D eigenvalue weighted by molar-refractivity contribution is -0.118. The van der Waals surface area contributed by atoms with Gasteiger partial charge in [-0.1, -0.05) is 39.5 Å². The Balaban J connectivity index is 2.40. The van der Waals surface area contributed by atoms with Crippen molar-refractivity contribution >= 4 is 34.5 Å². The third-order valence-electron chi connectivity index (χ3n) is 3.93. The number of carbonyl (C=O) groups excluding carboxylic acids is 2. The SMILES string of the molecule is COC(=O)c1ccc2c(=O)n(CC(C)C)c(SCC(=O)NCC(C)C)nc2c1. The number of nitrogens with one attached hydrogen (secondary N) is 1. The van der Waals surface area contributed by atoms with Crippen LogP contribution in [-0.2, 0) is 16.1 Å². The Hall–Kier alpha value is -2.35. The van der Waals surface area contributed by atoms with Gasteiger partial charge in [-0.25, -0.2) is 9.78 Å². The molecule has 7 nitrogen and oxygen atoms in total. The highest BCUT2D eigenvalue weighted by Gasteiger charge is 2.16. The minimum atomic E-state index is -0.489. The summed E-state index contributed by atoms with van der Waals surface area (Å²) in [5.41, 5.74) is 0.562. The number of hydrogen-bond acceptors (Lipinski definition) is 6. The van der Waals surface area contributed by atoms with Crippen molar-refractivity contribution in [2.24, 2.45) is 11.8 Å². The molecule has 1 aromatic carbocycles. The Morgan fingerprint density at radius 1 is 1.21 bits per heavy atom. The molecule has 1 heterocycles. The Kier molecular flexibility index (Phi) is 7.62. The lowest BCUT2D eigenvalue weighted by atomic mass is 10.1. The summed E-state index contributed by atoms with van der Waals surface area (Å²) in [7, 11) is 1.30. The smallest absolute Gasteiger partial charge is 0.337 e. The topological polar surface area (TPSA) is 90.3 Å². The molecule has 0 atom stereocenters. The Morgan fingerprint density at radius 3 is 2.54 bits per heavy atom. The van der Waals surface area contributed by atoms with Gasteiger partial charge in [-0.05, 0) is 30.0 Å². The van der Waals surface area contributed by atoms with E-state index in [0.29, 0.717) is 40.6 Å². The molecule has 0 radical (unpaired) electrons. The number of carbonyl (C=O) groups is 2. The molecule has 1 N–H and O–H groups in total. The van der Waals surface area contributed by atoms with Gasteiger partial charge >= 0.3 is 5.97 Å². The summed E-state index contributed by atoms with van der Waals surface area (Å²) in [6, 6.07) is 4.70. The third kappa shape index (κ3) is 5.58. The molecule has 1 amide bonds. The van der Waals surface area contributed by atoms with Gasteiger partial charge in [-0.2, -0.15) is 0 Å². The van der Waals surface area contributed by atoms with Crippen LogP contribution in [0.1, 0.15) is 38.1 Å². The number of ether oxygens (including phenoxy) is 1. The van der Waals surface area contributed by atoms with Crippen LogP contribution in [0.3, 0.4) is 0 Å². The lowest BCUT2D eigenvalue weighted by Crippen LogP contribution is -2.30. The van der Waals surface area contributed by atoms with Crippen molar-refractivity contribution in [2.45, 2.75) is 39.4 Å². The minimum Gasteiger partial charge on any atom is -0.465 e. The number of fused-ring (bicyclic) bond motifs is 1. The fourth-order valence-electron chi connectivity index (χ4n) is 2.58. The minimum absolute atomic E-state index is 0.104. The number of thioether (sulfide) groups is 1. The largest absolute Gasteiger partial charge is 0.465 e. The zero-order chi connectivity index (χ0) is 20.8. The molecular formula is C20H27N3O4S. The van der Waals surface area contributed by atoms with E-state index < -0.39 is 5.97 Å². The highest BCUT2D eigenvalue weighted by molar-refractivity contribution is 7.99. The molecule has 0 bridgehead atoms. The van der Waals surface area contributed by atoms with Crippen molar-refractivity contribution in [3.8, 4) is 0 Å². The normalized spacial score (nSPS) is 11.2. The van der Waals surface area contributed by atoms with E-state index in [2.05, 4.69) is 10.3 Å². The molecule has 0 aliphatic heterocycles. The highest BCUT2D eigenvalue weighted by Crippen LogP contribution is 2.20. The first kappa shape index (κ1) is 21.9. The summed E-state index contributed by atoms with van der Waals surface area (Å²) in [6.45, 7) is 9.18. The van der Waals surface area contributed by atoms with Gasteiger partial charge in [0.25, 0.3) is 5.56 Å². The number of aromatic nitrogens is 2. The fourth-order valence-corrected chi connectivity index (χ4v) is 3.42. The predicted octanol–water partition coefficient (Wildman–Crippen LogP) is 2.70. The van der Waals surface area contributed by atoms with Crippen LogP contribution in [0, 0.1) is 11.8 Å². The van der Waals surface area contributed by atoms with Gasteiger partial charge in [-0.3, -0.25) is 14.2 Å². The molecule has 0 saturated heterocycles. The Labute approximate surface area is 168 Å². The average molecular weight is 406 g/mol. The van der Waals surface area contributed by atoms with E-state index in [1.165, 1.54) is 18.9 Å². The van der Waals surface area contributed by atoms with Crippen molar-refractivity contribution in [1.82, 2.24) is 14.9 Å². The Morgan fingerprint density at radius 2 is 1.93 bits per heavy atom. The standard InChI is InChI=1S/C20H27N3O4S/c1-12(2)9-21-17(24)11-28-20-22-16-8-14(19(26)27-5)6-7-15(16)18(25)23(20)10-13(3)4/h6-8,12-13H,9-11H2,1-5H3,(H,21,24). The van der Waals surface area contributed by atoms with Crippen molar-refractivity contribution in [3.63, 3.8) is 0 Å². The van der Waals surface area contributed by atoms with Crippen LogP contribution in [0.4, 0.5) is 0 Å². The van der Waals surface area contributed by atoms with Crippen LogP contribution in [0.2, 0.25) is 0 Å². The maximum Gasteiger partial charge on any atom is 0.337 e. The van der Waals surface area contributed by atoms with Crippen molar-refractivity contribution in [3.05, 3.63) is 34.1 Å². The lowest BCUT2D eigenvalue weighted by Gasteiger charge is -2.15. The zero-order valence-electron chi connectivity index (χ0n) is 16.9. The quantitative estimate of drug-likeness (QED) is 0.413. The van der Waals surface area contributed by atoms with Crippen LogP contribution >= 0.6 is 11.8 Å². The van der Waals surface area contributed by atoms with Gasteiger partial charge in [0.15, 0.2) is 5.16 Å². The van der Waals surface area contributed by atoms with E-state index in [9.17, 15) is 14.4 Å². The van der Waals surface area contributed by atoms with Crippen molar-refractivity contribution in [1.29, 1.82) is 0 Å². The van der Waals surface area contributed by atoms with E-state index >= 15 is 0 Å². The van der Waals surface area contributed by atoms with E-state index in [1.807, 2.05) is 27.7 Å². The summed E-state index contributed by atoms with van der Waals surface area (Å²) < 4.78 is 6.34. The molecule has 0 aliphatic rings. The number of benzene rings is 1. The molecule has 0 aliphatic carbocycles. The van der Waals surface area contributed by atoms with Gasteiger partial charge in [-0.15, -0.1) is 0 Å². The number of nitrogens with zero attached hydrogens (tertiary/aromatic N) is 2. The molecule has 152 valence electrons. The first-order chi connectivity index (χ1) is 13.2. The molecule has 0 unspecified atom stereocenters. The monoisotopic (exact) mass is 405 g/mol. The number of esters is 1. The molecule has 8 heteroatoms. The fraction of sp³-hybridized carbons (Fsp3) is 0.500. The van der Waals surface area contributed by atoms with E-state index in [-0.39, 0.29) is 23.1 Å². The zero-order valence-corrected chi connectivity index (χ0v) is 17.8. The molecule has 2 rings (SSSR count). The molecule has 28 heavy (non-hydrogen) atoms. The van der Waals surface area contributed by atoms with Gasteiger partial charge < -0.3 is 10.1 Å². The van der Waals surface area contributed by atoms with E-state index in [0.717, 1.165) is 0 Å². The first-order valence-corrected chi connectivity index (χ1v) is 10.2. The van der Waals surface area contributed by atoms with E-state index in [1.54, 1.807) is 22.8 Å². The van der Waals surface area contributed by atoms with Gasteiger partial charge in [0.2, 0.25) is 5.91 Å². The molecule has 0 fully saturated rings.